The fourth-order valence-corrected chi connectivity index (χ4v) is 6.73. The maximum atomic E-state index is 13.1. The average Bonchev–Trinajstić information content (AvgIpc) is 2.88. The van der Waals surface area contributed by atoms with E-state index < -0.39 is 0 Å². The number of carbonyl (C=O) groups is 1. The van der Waals surface area contributed by atoms with Gasteiger partial charge in [0.15, 0.2) is 11.5 Å². The molecule has 2 saturated heterocycles. The molecule has 2 heterocycles. The maximum absolute atomic E-state index is 13.1. The molecule has 2 aliphatic heterocycles. The van der Waals surface area contributed by atoms with Crippen LogP contribution in [0.4, 0.5) is 0 Å². The van der Waals surface area contributed by atoms with Crippen LogP contribution in [0.5, 0.6) is 11.5 Å². The molecule has 170 valence electrons. The van der Waals surface area contributed by atoms with Crippen LogP contribution in [0.3, 0.4) is 0 Å². The Hall–Kier alpha value is -2.09. The molecule has 7 heteroatoms. The summed E-state index contributed by atoms with van der Waals surface area (Å²) in [7, 11) is 3.24. The lowest BCUT2D eigenvalue weighted by Crippen LogP contribution is -2.39. The first-order valence-corrected chi connectivity index (χ1v) is 12.9. The van der Waals surface area contributed by atoms with Crippen molar-refractivity contribution >= 4 is 35.0 Å². The lowest BCUT2D eigenvalue weighted by molar-refractivity contribution is -0.129. The standard InChI is InChI=1S/C25H29NO4S2/c1-28-22-9-8-20(16-23(22)29-2)21(17-24(27)26-10-12-30-13-11-26)18-4-6-19(7-5-18)25-31-14-3-15-32-25/h4-9,16-17,25H,3,10-15H2,1-2H3/b21-17+. The van der Waals surface area contributed by atoms with Crippen LogP contribution in [0.15, 0.2) is 48.5 Å². The van der Waals surface area contributed by atoms with Crippen LogP contribution in [0.2, 0.25) is 0 Å². The molecular weight excluding hydrogens is 442 g/mol. The summed E-state index contributed by atoms with van der Waals surface area (Å²) in [5.41, 5.74) is 4.12. The van der Waals surface area contributed by atoms with E-state index in [0.29, 0.717) is 42.4 Å². The smallest absolute Gasteiger partial charge is 0.247 e. The molecule has 5 nitrogen and oxygen atoms in total. The molecule has 0 saturated carbocycles. The molecule has 2 aromatic rings. The fraction of sp³-hybridized carbons (Fsp3) is 0.400. The minimum atomic E-state index is 0.000512. The van der Waals surface area contributed by atoms with Gasteiger partial charge in [-0.3, -0.25) is 4.79 Å². The van der Waals surface area contributed by atoms with Gasteiger partial charge in [0.2, 0.25) is 5.91 Å². The van der Waals surface area contributed by atoms with E-state index in [0.717, 1.165) is 16.7 Å². The van der Waals surface area contributed by atoms with E-state index in [4.69, 9.17) is 14.2 Å². The number of hydrogen-bond donors (Lipinski definition) is 0. The Labute approximate surface area is 198 Å². The van der Waals surface area contributed by atoms with Crippen LogP contribution < -0.4 is 9.47 Å². The van der Waals surface area contributed by atoms with Crippen LogP contribution in [0, 0.1) is 0 Å². The number of hydrogen-bond acceptors (Lipinski definition) is 6. The molecule has 2 aromatic carbocycles. The van der Waals surface area contributed by atoms with Crippen LogP contribution >= 0.6 is 23.5 Å². The zero-order chi connectivity index (χ0) is 22.3. The lowest BCUT2D eigenvalue weighted by atomic mass is 9.96. The molecular formula is C25H29NO4S2. The van der Waals surface area contributed by atoms with Gasteiger partial charge in [-0.05, 0) is 52.3 Å². The highest BCUT2D eigenvalue weighted by molar-refractivity contribution is 8.16. The van der Waals surface area contributed by atoms with Gasteiger partial charge in [0.25, 0.3) is 0 Å². The first-order chi connectivity index (χ1) is 15.7. The number of amides is 1. The van der Waals surface area contributed by atoms with Crippen LogP contribution in [-0.2, 0) is 9.53 Å². The lowest BCUT2D eigenvalue weighted by Gasteiger charge is -2.26. The van der Waals surface area contributed by atoms with Crippen LogP contribution in [0.25, 0.3) is 5.57 Å². The van der Waals surface area contributed by atoms with Crippen molar-refractivity contribution < 1.29 is 19.0 Å². The summed E-state index contributed by atoms with van der Waals surface area (Å²) in [5, 5.41) is 0. The van der Waals surface area contributed by atoms with E-state index in [1.54, 1.807) is 20.3 Å². The second kappa shape index (κ2) is 11.2. The molecule has 0 spiro atoms. The van der Waals surface area contributed by atoms with E-state index >= 15 is 0 Å². The van der Waals surface area contributed by atoms with Crippen molar-refractivity contribution in [2.75, 3.05) is 52.0 Å². The van der Waals surface area contributed by atoms with Gasteiger partial charge in [-0.2, -0.15) is 0 Å². The molecule has 0 atom stereocenters. The average molecular weight is 472 g/mol. The Morgan fingerprint density at radius 1 is 0.969 bits per heavy atom. The summed E-state index contributed by atoms with van der Waals surface area (Å²) in [5.74, 6) is 3.73. The third kappa shape index (κ3) is 5.45. The second-order valence-electron chi connectivity index (χ2n) is 7.61. The van der Waals surface area contributed by atoms with Gasteiger partial charge in [0.1, 0.15) is 0 Å². The SMILES string of the molecule is COc1ccc(/C(=C/C(=O)N2CCOCC2)c2ccc(C3SCCCS3)cc2)cc1OC. The molecule has 0 radical (unpaired) electrons. The van der Waals surface area contributed by atoms with Gasteiger partial charge in [-0.1, -0.05) is 30.3 Å². The van der Waals surface area contributed by atoms with Crippen molar-refractivity contribution in [2.45, 2.75) is 11.0 Å². The van der Waals surface area contributed by atoms with Crippen molar-refractivity contribution in [3.63, 3.8) is 0 Å². The highest BCUT2D eigenvalue weighted by atomic mass is 32.2. The van der Waals surface area contributed by atoms with Crippen molar-refractivity contribution in [3.05, 3.63) is 65.2 Å². The first kappa shape index (κ1) is 23.1. The normalized spacial score (nSPS) is 17.8. The number of benzene rings is 2. The minimum Gasteiger partial charge on any atom is -0.493 e. The molecule has 0 N–H and O–H groups in total. The summed E-state index contributed by atoms with van der Waals surface area (Å²) in [6.45, 7) is 2.39. The third-order valence-corrected chi connectivity index (χ3v) is 8.62. The van der Waals surface area contributed by atoms with Crippen molar-refractivity contribution in [3.8, 4) is 11.5 Å². The monoisotopic (exact) mass is 471 g/mol. The van der Waals surface area contributed by atoms with Gasteiger partial charge in [-0.25, -0.2) is 0 Å². The van der Waals surface area contributed by atoms with Crippen molar-refractivity contribution in [1.29, 1.82) is 0 Å². The third-order valence-electron chi connectivity index (χ3n) is 5.61. The predicted octanol–water partition coefficient (Wildman–Crippen LogP) is 4.86. The van der Waals surface area contributed by atoms with Crippen molar-refractivity contribution in [2.24, 2.45) is 0 Å². The number of morpholine rings is 1. The summed E-state index contributed by atoms with van der Waals surface area (Å²) in [4.78, 5) is 14.9. The largest absolute Gasteiger partial charge is 0.493 e. The molecule has 4 rings (SSSR count). The highest BCUT2D eigenvalue weighted by Crippen LogP contribution is 2.44. The Morgan fingerprint density at radius 3 is 2.28 bits per heavy atom. The molecule has 1 amide bonds. The fourth-order valence-electron chi connectivity index (χ4n) is 3.84. The molecule has 0 aliphatic carbocycles. The Balaban J connectivity index is 1.68. The number of ether oxygens (including phenoxy) is 3. The summed E-state index contributed by atoms with van der Waals surface area (Å²) in [6.07, 6.45) is 3.02. The number of carbonyl (C=O) groups excluding carboxylic acids is 1. The van der Waals surface area contributed by atoms with Gasteiger partial charge in [0.05, 0.1) is 32.0 Å². The van der Waals surface area contributed by atoms with Gasteiger partial charge in [0, 0.05) is 19.2 Å². The summed E-state index contributed by atoms with van der Waals surface area (Å²) in [6, 6.07) is 14.4. The molecule has 0 aromatic heterocycles. The molecule has 2 fully saturated rings. The van der Waals surface area contributed by atoms with E-state index in [2.05, 4.69) is 24.3 Å². The number of rotatable bonds is 6. The van der Waals surface area contributed by atoms with Gasteiger partial charge < -0.3 is 19.1 Å². The zero-order valence-corrected chi connectivity index (χ0v) is 20.2. The maximum Gasteiger partial charge on any atom is 0.247 e. The summed E-state index contributed by atoms with van der Waals surface area (Å²) < 4.78 is 16.8. The number of nitrogens with zero attached hydrogens (tertiary/aromatic N) is 1. The van der Waals surface area contributed by atoms with E-state index in [-0.39, 0.29) is 5.91 Å². The van der Waals surface area contributed by atoms with Gasteiger partial charge in [-0.15, -0.1) is 23.5 Å². The molecule has 0 unspecified atom stereocenters. The molecule has 0 bridgehead atoms. The van der Waals surface area contributed by atoms with E-state index in [1.165, 1.54) is 23.5 Å². The van der Waals surface area contributed by atoms with Crippen LogP contribution in [0.1, 0.15) is 27.7 Å². The molecule has 2 aliphatic rings. The number of methoxy groups -OCH3 is 2. The Kier molecular flexibility index (Phi) is 8.05. The Bertz CT molecular complexity index is 949. The predicted molar refractivity (Wildman–Crippen MR) is 133 cm³/mol. The van der Waals surface area contributed by atoms with E-state index in [9.17, 15) is 4.79 Å². The number of thioether (sulfide) groups is 2. The minimum absolute atomic E-state index is 0.000512. The second-order valence-corrected chi connectivity index (χ2v) is 10.3. The Morgan fingerprint density at radius 2 is 1.62 bits per heavy atom. The van der Waals surface area contributed by atoms with E-state index in [1.807, 2.05) is 46.6 Å². The van der Waals surface area contributed by atoms with Gasteiger partial charge >= 0.3 is 0 Å². The topological polar surface area (TPSA) is 48.0 Å². The first-order valence-electron chi connectivity index (χ1n) is 10.8. The molecule has 32 heavy (non-hydrogen) atoms. The highest BCUT2D eigenvalue weighted by Gasteiger charge is 2.19. The van der Waals surface area contributed by atoms with Crippen molar-refractivity contribution in [1.82, 2.24) is 4.90 Å². The quantitative estimate of drug-likeness (QED) is 0.561. The van der Waals surface area contributed by atoms with Crippen LogP contribution in [-0.4, -0.2) is 62.8 Å². The summed E-state index contributed by atoms with van der Waals surface area (Å²) >= 11 is 4.02. The zero-order valence-electron chi connectivity index (χ0n) is 18.5.